The summed E-state index contributed by atoms with van der Waals surface area (Å²) in [6, 6.07) is 7.82. The number of carbonyl (C=O) groups excluding carboxylic acids is 1. The van der Waals surface area contributed by atoms with E-state index in [-0.39, 0.29) is 17.9 Å². The SMILES string of the molecule is C=CC(=O)N1C[C@@H](Cc2ncc3cc(-c4c(Cl)c(CC)cc(OC)c4Cl)ccc3n2)C[C@H]1CCl. The molecule has 0 N–H and O–H groups in total. The van der Waals surface area contributed by atoms with Gasteiger partial charge in [0, 0.05) is 42.0 Å². The highest BCUT2D eigenvalue weighted by atomic mass is 35.5. The highest BCUT2D eigenvalue weighted by molar-refractivity contribution is 6.40. The van der Waals surface area contributed by atoms with E-state index in [0.717, 1.165) is 46.3 Å². The monoisotopic (exact) mass is 517 g/mol. The first-order valence-electron chi connectivity index (χ1n) is 11.2. The molecule has 1 aliphatic rings. The Labute approximate surface area is 214 Å². The minimum atomic E-state index is -0.0822. The number of ether oxygens (including phenoxy) is 1. The summed E-state index contributed by atoms with van der Waals surface area (Å²) in [6.45, 7) is 6.27. The fraction of sp³-hybridized carbons (Fsp3) is 0.346. The first kappa shape index (κ1) is 24.8. The van der Waals surface area contributed by atoms with Gasteiger partial charge in [0.25, 0.3) is 0 Å². The molecule has 178 valence electrons. The maximum atomic E-state index is 12.1. The zero-order valence-electron chi connectivity index (χ0n) is 19.2. The molecule has 1 fully saturated rings. The van der Waals surface area contributed by atoms with Crippen LogP contribution >= 0.6 is 34.8 Å². The third-order valence-corrected chi connectivity index (χ3v) is 7.53. The van der Waals surface area contributed by atoms with E-state index in [1.807, 2.05) is 37.4 Å². The van der Waals surface area contributed by atoms with Crippen molar-refractivity contribution >= 4 is 51.6 Å². The molecule has 1 aliphatic heterocycles. The van der Waals surface area contributed by atoms with E-state index in [1.165, 1.54) is 6.08 Å². The van der Waals surface area contributed by atoms with Gasteiger partial charge in [-0.1, -0.05) is 42.8 Å². The summed E-state index contributed by atoms with van der Waals surface area (Å²) in [6.07, 6.45) is 5.44. The van der Waals surface area contributed by atoms with Crippen LogP contribution in [-0.2, 0) is 17.6 Å². The second kappa shape index (κ2) is 10.5. The lowest BCUT2D eigenvalue weighted by molar-refractivity contribution is -0.126. The maximum absolute atomic E-state index is 12.1. The maximum Gasteiger partial charge on any atom is 0.246 e. The third kappa shape index (κ3) is 4.74. The fourth-order valence-electron chi connectivity index (χ4n) is 4.60. The number of halogens is 3. The second-order valence-electron chi connectivity index (χ2n) is 8.46. The number of aromatic nitrogens is 2. The van der Waals surface area contributed by atoms with Crippen molar-refractivity contribution in [1.29, 1.82) is 0 Å². The standard InChI is InChI=1S/C26H26Cl3N3O2/c1-4-16-11-21(34-3)26(29)24(25(16)28)17-6-7-20-18(10-17)13-30-22(31-20)9-15-8-19(12-27)32(14-15)23(33)5-2/h5-7,10-11,13,15,19H,2,4,8-9,12,14H2,1,3H3/t15-,19+/m1/s1. The number of aryl methyl sites for hydroxylation is 1. The van der Waals surface area contributed by atoms with Crippen LogP contribution in [0.15, 0.2) is 43.1 Å². The molecular weight excluding hydrogens is 493 g/mol. The van der Waals surface area contributed by atoms with E-state index in [4.69, 9.17) is 44.5 Å². The Bertz CT molecular complexity index is 1220. The van der Waals surface area contributed by atoms with E-state index in [1.54, 1.807) is 12.0 Å². The normalized spacial score (nSPS) is 17.9. The Morgan fingerprint density at radius 3 is 2.76 bits per heavy atom. The zero-order chi connectivity index (χ0) is 24.4. The highest BCUT2D eigenvalue weighted by Gasteiger charge is 2.34. The lowest BCUT2D eigenvalue weighted by atomic mass is 9.99. The van der Waals surface area contributed by atoms with Gasteiger partial charge in [-0.2, -0.15) is 0 Å². The molecule has 1 saturated heterocycles. The molecule has 0 aliphatic carbocycles. The average molecular weight is 519 g/mol. The Balaban J connectivity index is 1.62. The van der Waals surface area contributed by atoms with Gasteiger partial charge in [0.1, 0.15) is 11.6 Å². The van der Waals surface area contributed by atoms with Crippen molar-refractivity contribution in [3.05, 3.63) is 64.6 Å². The number of benzene rings is 2. The summed E-state index contributed by atoms with van der Waals surface area (Å²) in [4.78, 5) is 23.3. The van der Waals surface area contributed by atoms with Gasteiger partial charge in [0.2, 0.25) is 5.91 Å². The summed E-state index contributed by atoms with van der Waals surface area (Å²) >= 11 is 19.4. The topological polar surface area (TPSA) is 55.3 Å². The van der Waals surface area contributed by atoms with Crippen LogP contribution in [0.2, 0.25) is 10.0 Å². The predicted octanol–water partition coefficient (Wildman–Crippen LogP) is 6.36. The molecule has 1 aromatic heterocycles. The number of carbonyl (C=O) groups is 1. The molecule has 2 aromatic carbocycles. The van der Waals surface area contributed by atoms with Crippen molar-refractivity contribution in [1.82, 2.24) is 14.9 Å². The van der Waals surface area contributed by atoms with Crippen LogP contribution in [0, 0.1) is 5.92 Å². The minimum Gasteiger partial charge on any atom is -0.495 e. The zero-order valence-corrected chi connectivity index (χ0v) is 21.4. The molecule has 0 saturated carbocycles. The summed E-state index contributed by atoms with van der Waals surface area (Å²) < 4.78 is 5.46. The van der Waals surface area contributed by atoms with E-state index in [0.29, 0.717) is 34.6 Å². The van der Waals surface area contributed by atoms with Crippen molar-refractivity contribution < 1.29 is 9.53 Å². The van der Waals surface area contributed by atoms with Gasteiger partial charge in [-0.25, -0.2) is 9.97 Å². The van der Waals surface area contributed by atoms with Crippen LogP contribution in [0.25, 0.3) is 22.0 Å². The number of likely N-dealkylation sites (tertiary alicyclic amines) is 1. The summed E-state index contributed by atoms with van der Waals surface area (Å²) in [5, 5.41) is 2.00. The number of amides is 1. The van der Waals surface area contributed by atoms with Gasteiger partial charge in [0.05, 0.1) is 22.7 Å². The van der Waals surface area contributed by atoms with Gasteiger partial charge < -0.3 is 9.64 Å². The minimum absolute atomic E-state index is 0.0190. The van der Waals surface area contributed by atoms with Crippen LogP contribution in [0.1, 0.15) is 24.7 Å². The molecule has 0 radical (unpaired) electrons. The molecule has 5 nitrogen and oxygen atoms in total. The Morgan fingerprint density at radius 2 is 2.09 bits per heavy atom. The summed E-state index contributed by atoms with van der Waals surface area (Å²) in [7, 11) is 1.60. The summed E-state index contributed by atoms with van der Waals surface area (Å²) in [5.74, 6) is 1.93. The third-order valence-electron chi connectivity index (χ3n) is 6.37. The number of methoxy groups -OCH3 is 1. The molecular formula is C26H26Cl3N3O2. The van der Waals surface area contributed by atoms with Crippen LogP contribution in [-0.4, -0.2) is 46.4 Å². The van der Waals surface area contributed by atoms with Crippen LogP contribution in [0.3, 0.4) is 0 Å². The van der Waals surface area contributed by atoms with Gasteiger partial charge >= 0.3 is 0 Å². The molecule has 0 unspecified atom stereocenters. The van der Waals surface area contributed by atoms with Gasteiger partial charge in [0.15, 0.2) is 0 Å². The van der Waals surface area contributed by atoms with E-state index in [9.17, 15) is 4.79 Å². The van der Waals surface area contributed by atoms with E-state index >= 15 is 0 Å². The quantitative estimate of drug-likeness (QED) is 0.270. The van der Waals surface area contributed by atoms with Crippen molar-refractivity contribution in [3.63, 3.8) is 0 Å². The molecule has 1 amide bonds. The van der Waals surface area contributed by atoms with Crippen LogP contribution in [0.4, 0.5) is 0 Å². The van der Waals surface area contributed by atoms with E-state index < -0.39 is 0 Å². The van der Waals surface area contributed by atoms with Crippen LogP contribution in [0.5, 0.6) is 5.75 Å². The number of hydrogen-bond acceptors (Lipinski definition) is 4. The first-order valence-corrected chi connectivity index (χ1v) is 12.5. The Hall–Kier alpha value is -2.34. The van der Waals surface area contributed by atoms with Crippen LogP contribution < -0.4 is 4.74 Å². The molecule has 2 atom stereocenters. The average Bonchev–Trinajstić information content (AvgIpc) is 3.26. The highest BCUT2D eigenvalue weighted by Crippen LogP contribution is 2.43. The Kier molecular flexibility index (Phi) is 7.66. The molecule has 3 aromatic rings. The number of fused-ring (bicyclic) bond motifs is 1. The van der Waals surface area contributed by atoms with Crippen molar-refractivity contribution in [2.75, 3.05) is 19.5 Å². The summed E-state index contributed by atoms with van der Waals surface area (Å²) in [5.41, 5.74) is 3.44. The van der Waals surface area contributed by atoms with Gasteiger partial charge in [-0.15, -0.1) is 11.6 Å². The number of rotatable bonds is 7. The van der Waals surface area contributed by atoms with Crippen molar-refractivity contribution in [2.45, 2.75) is 32.2 Å². The van der Waals surface area contributed by atoms with Gasteiger partial charge in [-0.3, -0.25) is 4.79 Å². The van der Waals surface area contributed by atoms with Crippen molar-refractivity contribution in [3.8, 4) is 16.9 Å². The lowest BCUT2D eigenvalue weighted by Crippen LogP contribution is -2.35. The molecule has 34 heavy (non-hydrogen) atoms. The number of hydrogen-bond donors (Lipinski definition) is 0. The van der Waals surface area contributed by atoms with E-state index in [2.05, 4.69) is 11.6 Å². The number of alkyl halides is 1. The molecule has 4 rings (SSSR count). The Morgan fingerprint density at radius 1 is 1.29 bits per heavy atom. The molecule has 0 spiro atoms. The largest absolute Gasteiger partial charge is 0.495 e. The molecule has 2 heterocycles. The smallest absolute Gasteiger partial charge is 0.246 e. The predicted molar refractivity (Wildman–Crippen MR) is 139 cm³/mol. The lowest BCUT2D eigenvalue weighted by Gasteiger charge is -2.20. The fourth-order valence-corrected chi connectivity index (χ4v) is 5.67. The van der Waals surface area contributed by atoms with Crippen molar-refractivity contribution in [2.24, 2.45) is 5.92 Å². The first-order chi connectivity index (χ1) is 16.4. The van der Waals surface area contributed by atoms with Gasteiger partial charge in [-0.05, 0) is 54.2 Å². The molecule has 0 bridgehead atoms. The molecule has 8 heteroatoms. The second-order valence-corrected chi connectivity index (χ2v) is 9.53. The number of nitrogens with zero attached hydrogens (tertiary/aromatic N) is 3.